The Balaban J connectivity index is 1.64. The lowest BCUT2D eigenvalue weighted by atomic mass is 9.90. The first-order chi connectivity index (χ1) is 11.2. The zero-order valence-electron chi connectivity index (χ0n) is 14.3. The first-order valence-electron chi connectivity index (χ1n) is 9.31. The van der Waals surface area contributed by atoms with E-state index in [1.165, 1.54) is 44.9 Å². The Labute approximate surface area is 138 Å². The van der Waals surface area contributed by atoms with Gasteiger partial charge >= 0.3 is 0 Å². The lowest BCUT2D eigenvalue weighted by Gasteiger charge is -2.23. The fourth-order valence-electron chi connectivity index (χ4n) is 3.85. The molecular weight excluding hydrogens is 290 g/mol. The molecule has 2 heterocycles. The maximum absolute atomic E-state index is 11.8. The summed E-state index contributed by atoms with van der Waals surface area (Å²) in [6.45, 7) is 0.782. The number of hydrogen-bond donors (Lipinski definition) is 0. The molecule has 2 aliphatic rings. The van der Waals surface area contributed by atoms with E-state index in [2.05, 4.69) is 5.16 Å². The number of carbonyl (C=O) groups is 1. The molecule has 3 rings (SSSR count). The fourth-order valence-corrected chi connectivity index (χ4v) is 3.85. The van der Waals surface area contributed by atoms with Gasteiger partial charge in [-0.05, 0) is 32.1 Å². The third kappa shape index (κ3) is 4.33. The van der Waals surface area contributed by atoms with Gasteiger partial charge in [0.05, 0.1) is 0 Å². The van der Waals surface area contributed by atoms with Crippen LogP contribution in [0.5, 0.6) is 0 Å². The first-order valence-corrected chi connectivity index (χ1v) is 9.31. The Kier molecular flexibility index (Phi) is 5.68. The minimum absolute atomic E-state index is 0.254. The maximum atomic E-state index is 11.8. The van der Waals surface area contributed by atoms with Crippen molar-refractivity contribution in [3.05, 3.63) is 11.7 Å². The second kappa shape index (κ2) is 7.93. The van der Waals surface area contributed by atoms with Crippen molar-refractivity contribution in [2.45, 2.75) is 82.5 Å². The zero-order valence-corrected chi connectivity index (χ0v) is 14.3. The second-order valence-electron chi connectivity index (χ2n) is 7.23. The van der Waals surface area contributed by atoms with E-state index < -0.39 is 0 Å². The van der Waals surface area contributed by atoms with Crippen LogP contribution >= 0.6 is 0 Å². The number of amides is 1. The van der Waals surface area contributed by atoms with Crippen LogP contribution in [0.2, 0.25) is 0 Å². The quantitative estimate of drug-likeness (QED) is 0.826. The molecule has 5 heteroatoms. The highest BCUT2D eigenvalue weighted by Crippen LogP contribution is 2.32. The zero-order chi connectivity index (χ0) is 16.1. The number of rotatable bonds is 2. The minimum Gasteiger partial charge on any atom is -0.346 e. The van der Waals surface area contributed by atoms with Gasteiger partial charge in [-0.2, -0.15) is 4.98 Å². The molecule has 0 spiro atoms. The third-order valence-corrected chi connectivity index (χ3v) is 5.46. The molecule has 5 nitrogen and oxygen atoms in total. The van der Waals surface area contributed by atoms with Gasteiger partial charge in [0.2, 0.25) is 11.8 Å². The van der Waals surface area contributed by atoms with Crippen LogP contribution in [0.3, 0.4) is 0 Å². The Bertz CT molecular complexity index is 506. The molecule has 1 atom stereocenters. The van der Waals surface area contributed by atoms with Crippen LogP contribution < -0.4 is 0 Å². The normalized spacial score (nSPS) is 25.5. The van der Waals surface area contributed by atoms with Gasteiger partial charge in [0.15, 0.2) is 5.82 Å². The molecule has 0 N–H and O–H groups in total. The summed E-state index contributed by atoms with van der Waals surface area (Å²) in [6, 6.07) is 0. The van der Waals surface area contributed by atoms with E-state index >= 15 is 0 Å². The van der Waals surface area contributed by atoms with E-state index in [1.54, 1.807) is 0 Å². The molecule has 1 saturated heterocycles. The molecule has 1 aromatic heterocycles. The Morgan fingerprint density at radius 3 is 2.43 bits per heavy atom. The van der Waals surface area contributed by atoms with Crippen molar-refractivity contribution in [1.29, 1.82) is 0 Å². The fraction of sp³-hybridized carbons (Fsp3) is 0.833. The summed E-state index contributed by atoms with van der Waals surface area (Å²) >= 11 is 0. The van der Waals surface area contributed by atoms with Crippen LogP contribution in [0.25, 0.3) is 0 Å². The topological polar surface area (TPSA) is 59.2 Å². The number of likely N-dealkylation sites (tertiary alicyclic amines) is 1. The second-order valence-corrected chi connectivity index (χ2v) is 7.23. The lowest BCUT2D eigenvalue weighted by Crippen LogP contribution is -2.30. The van der Waals surface area contributed by atoms with Crippen molar-refractivity contribution in [3.8, 4) is 0 Å². The molecule has 0 bridgehead atoms. The molecule has 1 saturated carbocycles. The molecule has 1 unspecified atom stereocenters. The predicted molar refractivity (Wildman–Crippen MR) is 88.2 cm³/mol. The predicted octanol–water partition coefficient (Wildman–Crippen LogP) is 4.01. The van der Waals surface area contributed by atoms with Crippen LogP contribution in [-0.2, 0) is 4.79 Å². The van der Waals surface area contributed by atoms with Crippen molar-refractivity contribution < 1.29 is 9.32 Å². The van der Waals surface area contributed by atoms with Crippen LogP contribution in [-0.4, -0.2) is 34.5 Å². The summed E-state index contributed by atoms with van der Waals surface area (Å²) in [5, 5.41) is 4.31. The van der Waals surface area contributed by atoms with E-state index in [0.717, 1.165) is 37.5 Å². The number of hydrogen-bond acceptors (Lipinski definition) is 4. The van der Waals surface area contributed by atoms with Gasteiger partial charge < -0.3 is 9.42 Å². The van der Waals surface area contributed by atoms with E-state index in [-0.39, 0.29) is 5.91 Å². The molecule has 2 fully saturated rings. The Morgan fingerprint density at radius 1 is 0.957 bits per heavy atom. The van der Waals surface area contributed by atoms with Crippen molar-refractivity contribution in [3.63, 3.8) is 0 Å². The van der Waals surface area contributed by atoms with Crippen molar-refractivity contribution in [1.82, 2.24) is 15.0 Å². The molecule has 1 aliphatic carbocycles. The van der Waals surface area contributed by atoms with Crippen molar-refractivity contribution >= 4 is 5.91 Å². The largest absolute Gasteiger partial charge is 0.346 e. The summed E-state index contributed by atoms with van der Waals surface area (Å²) in [4.78, 5) is 18.4. The average Bonchev–Trinajstić information content (AvgIpc) is 2.97. The molecular formula is C18H29N3O2. The highest BCUT2D eigenvalue weighted by atomic mass is 16.5. The van der Waals surface area contributed by atoms with Crippen LogP contribution in [0.15, 0.2) is 4.52 Å². The summed E-state index contributed by atoms with van der Waals surface area (Å²) in [6.07, 6.45) is 12.5. The molecule has 128 valence electrons. The third-order valence-electron chi connectivity index (χ3n) is 5.46. The van der Waals surface area contributed by atoms with Crippen LogP contribution in [0, 0.1) is 0 Å². The smallest absolute Gasteiger partial charge is 0.229 e. The lowest BCUT2D eigenvalue weighted by molar-refractivity contribution is -0.130. The summed E-state index contributed by atoms with van der Waals surface area (Å²) in [5.41, 5.74) is 0. The average molecular weight is 319 g/mol. The Morgan fingerprint density at radius 2 is 1.65 bits per heavy atom. The minimum atomic E-state index is 0.254. The summed E-state index contributed by atoms with van der Waals surface area (Å²) in [5.74, 6) is 2.76. The number of nitrogens with zero attached hydrogens (tertiary/aromatic N) is 3. The summed E-state index contributed by atoms with van der Waals surface area (Å²) < 4.78 is 5.62. The first kappa shape index (κ1) is 16.5. The van der Waals surface area contributed by atoms with Gasteiger partial charge in [0.1, 0.15) is 0 Å². The van der Waals surface area contributed by atoms with E-state index in [1.807, 2.05) is 11.9 Å². The highest BCUT2D eigenvalue weighted by molar-refractivity contribution is 5.75. The Hall–Kier alpha value is -1.39. The molecule has 0 aromatic carbocycles. The molecule has 1 amide bonds. The molecule has 1 aromatic rings. The van der Waals surface area contributed by atoms with Crippen LogP contribution in [0.4, 0.5) is 0 Å². The van der Waals surface area contributed by atoms with Gasteiger partial charge in [0, 0.05) is 31.8 Å². The standard InChI is InChI=1S/C18H29N3O2/c1-21-13-12-15(10-7-11-16(21)22)18-19-17(20-23-18)14-8-5-3-2-4-6-9-14/h14-15H,2-13H2,1H3. The molecule has 0 radical (unpaired) electrons. The number of aromatic nitrogens is 2. The number of carbonyl (C=O) groups excluding carboxylic acids is 1. The monoisotopic (exact) mass is 319 g/mol. The van der Waals surface area contributed by atoms with E-state index in [0.29, 0.717) is 18.3 Å². The van der Waals surface area contributed by atoms with Crippen molar-refractivity contribution in [2.24, 2.45) is 0 Å². The van der Waals surface area contributed by atoms with Crippen molar-refractivity contribution in [2.75, 3.05) is 13.6 Å². The van der Waals surface area contributed by atoms with Crippen LogP contribution in [0.1, 0.15) is 94.2 Å². The molecule has 1 aliphatic heterocycles. The highest BCUT2D eigenvalue weighted by Gasteiger charge is 2.25. The summed E-state index contributed by atoms with van der Waals surface area (Å²) in [7, 11) is 1.89. The van der Waals surface area contributed by atoms with Gasteiger partial charge in [-0.25, -0.2) is 0 Å². The van der Waals surface area contributed by atoms with Gasteiger partial charge in [-0.15, -0.1) is 0 Å². The maximum Gasteiger partial charge on any atom is 0.229 e. The van der Waals surface area contributed by atoms with Gasteiger partial charge in [-0.1, -0.05) is 37.3 Å². The van der Waals surface area contributed by atoms with Gasteiger partial charge in [-0.3, -0.25) is 4.79 Å². The molecule has 23 heavy (non-hydrogen) atoms. The van der Waals surface area contributed by atoms with E-state index in [9.17, 15) is 4.79 Å². The SMILES string of the molecule is CN1CCC(c2nc(C3CCCCCCC3)no2)CCCC1=O. The van der Waals surface area contributed by atoms with Gasteiger partial charge in [0.25, 0.3) is 0 Å². The van der Waals surface area contributed by atoms with E-state index in [4.69, 9.17) is 9.51 Å².